The fourth-order valence-corrected chi connectivity index (χ4v) is 4.70. The van der Waals surface area contributed by atoms with Gasteiger partial charge in [0.15, 0.2) is 17.3 Å². The van der Waals surface area contributed by atoms with Crippen molar-refractivity contribution < 1.29 is 8.78 Å². The number of fused-ring (bicyclic) bond motifs is 1. The predicted octanol–water partition coefficient (Wildman–Crippen LogP) is 5.09. The molecule has 1 fully saturated rings. The lowest BCUT2D eigenvalue weighted by Crippen LogP contribution is -2.32. The van der Waals surface area contributed by atoms with Gasteiger partial charge in [0.2, 0.25) is 5.95 Å². The molecule has 34 heavy (non-hydrogen) atoms. The topological polar surface area (TPSA) is 80.5 Å². The van der Waals surface area contributed by atoms with E-state index in [4.69, 9.17) is 28.2 Å². The van der Waals surface area contributed by atoms with Crippen molar-refractivity contribution in [1.29, 1.82) is 0 Å². The SMILES string of the molecule is Fc1ccc(CNc2ncc3nc(-c4c(Cl)cncc4Cl)n(C[C@@H]4CCCNC4)c3n2)cc1F. The van der Waals surface area contributed by atoms with Gasteiger partial charge < -0.3 is 15.2 Å². The van der Waals surface area contributed by atoms with Crippen LogP contribution in [0, 0.1) is 17.6 Å². The van der Waals surface area contributed by atoms with Crippen LogP contribution in [0.1, 0.15) is 18.4 Å². The van der Waals surface area contributed by atoms with E-state index in [1.807, 2.05) is 4.57 Å². The highest BCUT2D eigenvalue weighted by Gasteiger charge is 2.23. The Morgan fingerprint density at radius 3 is 2.65 bits per heavy atom. The lowest BCUT2D eigenvalue weighted by atomic mass is 9.99. The summed E-state index contributed by atoms with van der Waals surface area (Å²) in [6.45, 7) is 2.81. The number of pyridine rings is 1. The Hall–Kier alpha value is -2.88. The number of hydrogen-bond acceptors (Lipinski definition) is 6. The summed E-state index contributed by atoms with van der Waals surface area (Å²) in [6.07, 6.45) is 6.87. The van der Waals surface area contributed by atoms with Crippen LogP contribution in [0.4, 0.5) is 14.7 Å². The molecule has 0 radical (unpaired) electrons. The highest BCUT2D eigenvalue weighted by molar-refractivity contribution is 6.38. The molecule has 0 saturated carbocycles. The van der Waals surface area contributed by atoms with Crippen molar-refractivity contribution in [2.75, 3.05) is 18.4 Å². The molecule has 1 saturated heterocycles. The van der Waals surface area contributed by atoms with Gasteiger partial charge in [-0.3, -0.25) is 4.98 Å². The van der Waals surface area contributed by atoms with Crippen molar-refractivity contribution in [2.45, 2.75) is 25.9 Å². The fourth-order valence-electron chi connectivity index (χ4n) is 4.16. The van der Waals surface area contributed by atoms with Gasteiger partial charge in [0.05, 0.1) is 21.8 Å². The average Bonchev–Trinajstić information content (AvgIpc) is 3.17. The average molecular weight is 504 g/mol. The van der Waals surface area contributed by atoms with Gasteiger partial charge in [-0.05, 0) is 49.5 Å². The lowest BCUT2D eigenvalue weighted by molar-refractivity contribution is 0.341. The second-order valence-corrected chi connectivity index (χ2v) is 9.06. The van der Waals surface area contributed by atoms with E-state index >= 15 is 0 Å². The zero-order valence-electron chi connectivity index (χ0n) is 18.0. The molecule has 1 aliphatic heterocycles. The first-order chi connectivity index (χ1) is 16.5. The van der Waals surface area contributed by atoms with Crippen LogP contribution in [0.3, 0.4) is 0 Å². The molecule has 0 unspecified atom stereocenters. The molecule has 0 spiro atoms. The van der Waals surface area contributed by atoms with Crippen LogP contribution in [0.25, 0.3) is 22.6 Å². The van der Waals surface area contributed by atoms with Crippen molar-refractivity contribution in [1.82, 2.24) is 29.8 Å². The molecule has 4 aromatic rings. The van der Waals surface area contributed by atoms with Crippen molar-refractivity contribution in [3.63, 3.8) is 0 Å². The minimum absolute atomic E-state index is 0.234. The maximum absolute atomic E-state index is 13.5. The summed E-state index contributed by atoms with van der Waals surface area (Å²) in [6, 6.07) is 3.75. The van der Waals surface area contributed by atoms with Gasteiger partial charge in [0.25, 0.3) is 0 Å². The van der Waals surface area contributed by atoms with E-state index in [2.05, 4.69) is 25.6 Å². The third-order valence-electron chi connectivity index (χ3n) is 5.84. The normalized spacial score (nSPS) is 16.2. The Bertz CT molecular complexity index is 1320. The largest absolute Gasteiger partial charge is 0.350 e. The Morgan fingerprint density at radius 2 is 1.91 bits per heavy atom. The monoisotopic (exact) mass is 503 g/mol. The third-order valence-corrected chi connectivity index (χ3v) is 6.41. The van der Waals surface area contributed by atoms with Crippen LogP contribution >= 0.6 is 23.2 Å². The van der Waals surface area contributed by atoms with E-state index in [1.54, 1.807) is 6.20 Å². The standard InChI is InChI=1S/C23H21Cl2F2N7/c24-15-9-29-10-16(25)20(15)22-32-19-11-31-23(30-8-13-3-4-17(26)18(27)6-13)33-21(19)34(22)12-14-2-1-5-28-7-14/h3-4,6,9-11,14,28H,1-2,5,7-8,12H2,(H,30,31,33)/t14-/m1/s1. The van der Waals surface area contributed by atoms with E-state index in [-0.39, 0.29) is 6.54 Å². The third kappa shape index (κ3) is 4.68. The molecule has 0 bridgehead atoms. The molecule has 4 heterocycles. The summed E-state index contributed by atoms with van der Waals surface area (Å²) in [5.74, 6) is -0.449. The van der Waals surface area contributed by atoms with Gasteiger partial charge >= 0.3 is 0 Å². The second-order valence-electron chi connectivity index (χ2n) is 8.24. The first-order valence-electron chi connectivity index (χ1n) is 10.9. The Balaban J connectivity index is 1.52. The molecule has 11 heteroatoms. The molecule has 7 nitrogen and oxygen atoms in total. The van der Waals surface area contributed by atoms with Crippen molar-refractivity contribution in [3.8, 4) is 11.4 Å². The first-order valence-corrected chi connectivity index (χ1v) is 11.7. The summed E-state index contributed by atoms with van der Waals surface area (Å²) in [5.41, 5.74) is 2.39. The maximum Gasteiger partial charge on any atom is 0.225 e. The summed E-state index contributed by atoms with van der Waals surface area (Å²) in [5, 5.41) is 7.31. The molecule has 1 aromatic carbocycles. The van der Waals surface area contributed by atoms with Crippen molar-refractivity contribution in [3.05, 3.63) is 64.0 Å². The number of rotatable bonds is 6. The number of aromatic nitrogens is 5. The smallest absolute Gasteiger partial charge is 0.225 e. The zero-order chi connectivity index (χ0) is 23.7. The van der Waals surface area contributed by atoms with E-state index in [9.17, 15) is 8.78 Å². The first kappa shape index (κ1) is 22.9. The molecule has 3 aromatic heterocycles. The van der Waals surface area contributed by atoms with Crippen LogP contribution < -0.4 is 10.6 Å². The molecule has 0 amide bonds. The van der Waals surface area contributed by atoms with Crippen molar-refractivity contribution >= 4 is 40.3 Å². The Kier molecular flexibility index (Phi) is 6.58. The maximum atomic E-state index is 13.5. The molecular weight excluding hydrogens is 483 g/mol. The highest BCUT2D eigenvalue weighted by Crippen LogP contribution is 2.35. The predicted molar refractivity (Wildman–Crippen MR) is 128 cm³/mol. The second kappa shape index (κ2) is 9.77. The van der Waals surface area contributed by atoms with Gasteiger partial charge in [-0.25, -0.2) is 18.7 Å². The number of halogens is 4. The molecule has 176 valence electrons. The Morgan fingerprint density at radius 1 is 1.09 bits per heavy atom. The molecule has 1 atom stereocenters. The van der Waals surface area contributed by atoms with Gasteiger partial charge in [-0.15, -0.1) is 0 Å². The highest BCUT2D eigenvalue weighted by atomic mass is 35.5. The summed E-state index contributed by atoms with van der Waals surface area (Å²) in [7, 11) is 0. The van der Waals surface area contributed by atoms with Crippen LogP contribution in [0.5, 0.6) is 0 Å². The van der Waals surface area contributed by atoms with E-state index in [1.165, 1.54) is 18.5 Å². The molecular formula is C23H21Cl2F2N7. The fraction of sp³-hybridized carbons (Fsp3) is 0.304. The number of anilines is 1. The van der Waals surface area contributed by atoms with Crippen LogP contribution in [-0.4, -0.2) is 37.6 Å². The minimum Gasteiger partial charge on any atom is -0.350 e. The van der Waals surface area contributed by atoms with Gasteiger partial charge in [-0.2, -0.15) is 4.98 Å². The van der Waals surface area contributed by atoms with Crippen LogP contribution in [0.2, 0.25) is 10.0 Å². The van der Waals surface area contributed by atoms with E-state index in [0.717, 1.165) is 38.1 Å². The summed E-state index contributed by atoms with van der Waals surface area (Å²) >= 11 is 12.9. The number of nitrogens with zero attached hydrogens (tertiary/aromatic N) is 5. The lowest BCUT2D eigenvalue weighted by Gasteiger charge is -2.24. The summed E-state index contributed by atoms with van der Waals surface area (Å²) in [4.78, 5) is 17.8. The summed E-state index contributed by atoms with van der Waals surface area (Å²) < 4.78 is 28.8. The molecule has 5 rings (SSSR count). The number of imidazole rings is 1. The van der Waals surface area contributed by atoms with Crippen LogP contribution in [-0.2, 0) is 13.1 Å². The quantitative estimate of drug-likeness (QED) is 0.381. The molecule has 2 N–H and O–H groups in total. The number of hydrogen-bond donors (Lipinski definition) is 2. The number of piperidine rings is 1. The van der Waals surface area contributed by atoms with Gasteiger partial charge in [0, 0.05) is 25.5 Å². The van der Waals surface area contributed by atoms with Crippen molar-refractivity contribution in [2.24, 2.45) is 5.92 Å². The van der Waals surface area contributed by atoms with Crippen LogP contribution in [0.15, 0.2) is 36.8 Å². The zero-order valence-corrected chi connectivity index (χ0v) is 19.5. The van der Waals surface area contributed by atoms with E-state index < -0.39 is 11.6 Å². The minimum atomic E-state index is -0.898. The number of nitrogens with one attached hydrogen (secondary N) is 2. The van der Waals surface area contributed by atoms with Gasteiger partial charge in [-0.1, -0.05) is 29.3 Å². The molecule has 0 aliphatic carbocycles. The van der Waals surface area contributed by atoms with E-state index in [0.29, 0.717) is 56.6 Å². The van der Waals surface area contributed by atoms with Gasteiger partial charge in [0.1, 0.15) is 11.3 Å². The number of benzene rings is 1. The Labute approximate surface area is 204 Å². The molecule has 1 aliphatic rings.